The summed E-state index contributed by atoms with van der Waals surface area (Å²) in [4.78, 5) is 15.4. The first-order chi connectivity index (χ1) is 18.1. The number of halogens is 2. The van der Waals surface area contributed by atoms with Crippen LogP contribution in [0.4, 0.5) is 5.69 Å². The number of nitrogens with one attached hydrogen (secondary N) is 1. The molecule has 3 aromatic carbocycles. The Bertz CT molecular complexity index is 1210. The quantitative estimate of drug-likeness (QED) is 0.198. The monoisotopic (exact) mass is 539 g/mol. The van der Waals surface area contributed by atoms with Crippen LogP contribution in [0.5, 0.6) is 11.5 Å². The first-order valence-corrected chi connectivity index (χ1v) is 13.4. The number of hydrogen-bond donors (Lipinski definition) is 1. The SMILES string of the molecule is Cc1cc(N(CCCl)CCCl)ccc1/C=N/NC(=O)[C@@H](Cc1ccc2c(c1)OCCO2)c1ccccc1. The molecular formula is C29H31Cl2N3O3. The van der Waals surface area contributed by atoms with Gasteiger partial charge >= 0.3 is 0 Å². The van der Waals surface area contributed by atoms with E-state index < -0.39 is 5.92 Å². The normalized spacial score (nSPS) is 13.4. The van der Waals surface area contributed by atoms with E-state index in [0.29, 0.717) is 37.1 Å². The van der Waals surface area contributed by atoms with Crippen molar-refractivity contribution in [1.29, 1.82) is 0 Å². The predicted molar refractivity (Wildman–Crippen MR) is 151 cm³/mol. The van der Waals surface area contributed by atoms with Crippen molar-refractivity contribution in [2.75, 3.05) is 43.0 Å². The molecule has 1 aliphatic heterocycles. The van der Waals surface area contributed by atoms with Gasteiger partial charge < -0.3 is 14.4 Å². The molecule has 0 aliphatic carbocycles. The predicted octanol–water partition coefficient (Wildman–Crippen LogP) is 5.53. The summed E-state index contributed by atoms with van der Waals surface area (Å²) < 4.78 is 11.3. The summed E-state index contributed by atoms with van der Waals surface area (Å²) in [6.45, 7) is 4.52. The van der Waals surface area contributed by atoms with Gasteiger partial charge in [0.25, 0.3) is 0 Å². The Morgan fingerprint density at radius 1 is 1.00 bits per heavy atom. The summed E-state index contributed by atoms with van der Waals surface area (Å²) in [7, 11) is 0. The molecule has 4 rings (SSSR count). The summed E-state index contributed by atoms with van der Waals surface area (Å²) in [5.41, 5.74) is 7.68. The summed E-state index contributed by atoms with van der Waals surface area (Å²) >= 11 is 11.9. The van der Waals surface area contributed by atoms with Crippen molar-refractivity contribution in [3.8, 4) is 11.5 Å². The fourth-order valence-corrected chi connectivity index (χ4v) is 4.72. The number of hydrogen-bond acceptors (Lipinski definition) is 5. The molecule has 0 saturated carbocycles. The Morgan fingerprint density at radius 3 is 2.43 bits per heavy atom. The van der Waals surface area contributed by atoms with E-state index in [1.807, 2.05) is 67.6 Å². The molecule has 37 heavy (non-hydrogen) atoms. The maximum atomic E-state index is 13.3. The number of nitrogens with zero attached hydrogens (tertiary/aromatic N) is 2. The van der Waals surface area contributed by atoms with Crippen molar-refractivity contribution in [1.82, 2.24) is 5.43 Å². The average Bonchev–Trinajstić information content (AvgIpc) is 2.92. The van der Waals surface area contributed by atoms with Gasteiger partial charge in [-0.05, 0) is 59.9 Å². The zero-order chi connectivity index (χ0) is 26.0. The molecule has 1 N–H and O–H groups in total. The maximum absolute atomic E-state index is 13.3. The third-order valence-electron chi connectivity index (χ3n) is 6.27. The second-order valence-corrected chi connectivity index (χ2v) is 9.54. The van der Waals surface area contributed by atoms with Crippen molar-refractivity contribution < 1.29 is 14.3 Å². The highest BCUT2D eigenvalue weighted by Gasteiger charge is 2.22. The topological polar surface area (TPSA) is 63.2 Å². The number of carbonyl (C=O) groups is 1. The second kappa shape index (κ2) is 13.4. The van der Waals surface area contributed by atoms with Crippen LogP contribution >= 0.6 is 23.2 Å². The molecule has 0 aromatic heterocycles. The molecule has 6 nitrogen and oxygen atoms in total. The number of anilines is 1. The van der Waals surface area contributed by atoms with Crippen LogP contribution in [0, 0.1) is 6.92 Å². The Labute approximate surface area is 228 Å². The number of ether oxygens (including phenoxy) is 2. The molecule has 0 radical (unpaired) electrons. The molecule has 1 atom stereocenters. The fourth-order valence-electron chi connectivity index (χ4n) is 4.32. The van der Waals surface area contributed by atoms with Crippen LogP contribution < -0.4 is 19.8 Å². The molecule has 3 aromatic rings. The van der Waals surface area contributed by atoms with E-state index in [-0.39, 0.29) is 5.91 Å². The fraction of sp³-hybridized carbons (Fsp3) is 0.310. The lowest BCUT2D eigenvalue weighted by atomic mass is 9.91. The molecule has 0 unspecified atom stereocenters. The van der Waals surface area contributed by atoms with Gasteiger partial charge in [0, 0.05) is 30.5 Å². The molecule has 1 heterocycles. The number of amides is 1. The van der Waals surface area contributed by atoms with Gasteiger partial charge in [0.1, 0.15) is 13.2 Å². The lowest BCUT2D eigenvalue weighted by Crippen LogP contribution is -2.27. The number of benzene rings is 3. The van der Waals surface area contributed by atoms with Crippen LogP contribution in [-0.2, 0) is 11.2 Å². The van der Waals surface area contributed by atoms with Crippen molar-refractivity contribution in [2.24, 2.45) is 5.10 Å². The van der Waals surface area contributed by atoms with E-state index in [0.717, 1.165) is 46.8 Å². The van der Waals surface area contributed by atoms with Gasteiger partial charge in [0.2, 0.25) is 5.91 Å². The standard InChI is InChI=1S/C29H31Cl2N3O3/c1-21-17-25(34(13-11-30)14-12-31)9-8-24(21)20-32-33-29(35)26(23-5-3-2-4-6-23)18-22-7-10-27-28(19-22)37-16-15-36-27/h2-10,17,19-20,26H,11-16,18H2,1H3,(H,33,35)/b32-20+/t26-/m0/s1. The van der Waals surface area contributed by atoms with Crippen molar-refractivity contribution >= 4 is 41.0 Å². The van der Waals surface area contributed by atoms with Crippen LogP contribution in [-0.4, -0.2) is 50.2 Å². The average molecular weight is 540 g/mol. The van der Waals surface area contributed by atoms with E-state index >= 15 is 0 Å². The molecule has 0 fully saturated rings. The van der Waals surface area contributed by atoms with Crippen molar-refractivity contribution in [3.05, 3.63) is 89.0 Å². The summed E-state index contributed by atoms with van der Waals surface area (Å²) in [5.74, 6) is 1.91. The van der Waals surface area contributed by atoms with Gasteiger partial charge in [0.15, 0.2) is 11.5 Å². The minimum Gasteiger partial charge on any atom is -0.486 e. The summed E-state index contributed by atoms with van der Waals surface area (Å²) in [5, 5.41) is 4.28. The summed E-state index contributed by atoms with van der Waals surface area (Å²) in [6.07, 6.45) is 2.18. The highest BCUT2D eigenvalue weighted by molar-refractivity contribution is 6.18. The van der Waals surface area contributed by atoms with E-state index in [1.165, 1.54) is 0 Å². The number of aryl methyl sites for hydroxylation is 1. The Kier molecular flexibility index (Phi) is 9.69. The number of alkyl halides is 2. The minimum atomic E-state index is -0.413. The largest absolute Gasteiger partial charge is 0.486 e. The smallest absolute Gasteiger partial charge is 0.247 e. The summed E-state index contributed by atoms with van der Waals surface area (Å²) in [6, 6.07) is 21.6. The van der Waals surface area contributed by atoms with Gasteiger partial charge in [-0.25, -0.2) is 5.43 Å². The second-order valence-electron chi connectivity index (χ2n) is 8.79. The molecule has 0 saturated heterocycles. The molecule has 1 amide bonds. The Balaban J connectivity index is 1.47. The van der Waals surface area contributed by atoms with Gasteiger partial charge in [-0.2, -0.15) is 5.10 Å². The third kappa shape index (κ3) is 7.18. The molecule has 194 valence electrons. The van der Waals surface area contributed by atoms with E-state index in [2.05, 4.69) is 21.5 Å². The molecule has 0 bridgehead atoms. The van der Waals surface area contributed by atoms with E-state index in [1.54, 1.807) is 6.21 Å². The number of rotatable bonds is 11. The highest BCUT2D eigenvalue weighted by atomic mass is 35.5. The van der Waals surface area contributed by atoms with Crippen LogP contribution in [0.3, 0.4) is 0 Å². The molecular weight excluding hydrogens is 509 g/mol. The Hall–Kier alpha value is -3.22. The van der Waals surface area contributed by atoms with Crippen LogP contribution in [0.25, 0.3) is 0 Å². The molecule has 1 aliphatic rings. The third-order valence-corrected chi connectivity index (χ3v) is 6.61. The highest BCUT2D eigenvalue weighted by Crippen LogP contribution is 2.32. The van der Waals surface area contributed by atoms with Gasteiger partial charge in [0.05, 0.1) is 12.1 Å². The van der Waals surface area contributed by atoms with Gasteiger partial charge in [-0.15, -0.1) is 23.2 Å². The number of carbonyl (C=O) groups excluding carboxylic acids is 1. The van der Waals surface area contributed by atoms with E-state index in [4.69, 9.17) is 32.7 Å². The van der Waals surface area contributed by atoms with Crippen molar-refractivity contribution in [2.45, 2.75) is 19.3 Å². The van der Waals surface area contributed by atoms with Crippen LogP contribution in [0.1, 0.15) is 28.2 Å². The zero-order valence-electron chi connectivity index (χ0n) is 20.8. The molecule has 0 spiro atoms. The van der Waals surface area contributed by atoms with Gasteiger partial charge in [-0.3, -0.25) is 4.79 Å². The zero-order valence-corrected chi connectivity index (χ0v) is 22.3. The first kappa shape index (κ1) is 26.8. The first-order valence-electron chi connectivity index (χ1n) is 12.3. The Morgan fingerprint density at radius 2 is 1.73 bits per heavy atom. The van der Waals surface area contributed by atoms with Gasteiger partial charge in [-0.1, -0.05) is 42.5 Å². The minimum absolute atomic E-state index is 0.179. The molecule has 8 heteroatoms. The van der Waals surface area contributed by atoms with Crippen LogP contribution in [0.15, 0.2) is 71.8 Å². The van der Waals surface area contributed by atoms with Crippen molar-refractivity contribution in [3.63, 3.8) is 0 Å². The number of fused-ring (bicyclic) bond motifs is 1. The lowest BCUT2D eigenvalue weighted by molar-refractivity contribution is -0.122. The lowest BCUT2D eigenvalue weighted by Gasteiger charge is -2.23. The number of hydrazone groups is 1. The van der Waals surface area contributed by atoms with Crippen LogP contribution in [0.2, 0.25) is 0 Å². The maximum Gasteiger partial charge on any atom is 0.247 e. The van der Waals surface area contributed by atoms with E-state index in [9.17, 15) is 4.79 Å².